The summed E-state index contributed by atoms with van der Waals surface area (Å²) >= 11 is 1.42. The molecule has 2 saturated heterocycles. The smallest absolute Gasteiger partial charge is 0.251 e. The van der Waals surface area contributed by atoms with Crippen LogP contribution in [0, 0.1) is 5.92 Å². The van der Waals surface area contributed by atoms with Crippen LogP contribution >= 0.6 is 11.8 Å². The van der Waals surface area contributed by atoms with E-state index in [1.54, 1.807) is 14.2 Å². The van der Waals surface area contributed by atoms with Crippen molar-refractivity contribution in [3.05, 3.63) is 23.8 Å². The molecule has 2 heterocycles. The van der Waals surface area contributed by atoms with E-state index in [0.717, 1.165) is 18.4 Å². The van der Waals surface area contributed by atoms with Gasteiger partial charge >= 0.3 is 0 Å². The second kappa shape index (κ2) is 8.95. The first-order chi connectivity index (χ1) is 13.8. The zero-order valence-corrected chi connectivity index (χ0v) is 18.9. The summed E-state index contributed by atoms with van der Waals surface area (Å²) in [6, 6.07) is 5.45. The molecular weight excluding hydrogens is 412 g/mol. The molecule has 0 N–H and O–H groups in total. The maximum atomic E-state index is 12.6. The number of nitrogens with zero attached hydrogens (tertiary/aromatic N) is 2. The molecule has 160 valence electrons. The molecule has 0 saturated carbocycles. The number of methoxy groups -OCH3 is 2. The third kappa shape index (κ3) is 4.71. The van der Waals surface area contributed by atoms with Crippen molar-refractivity contribution in [1.29, 1.82) is 0 Å². The third-order valence-corrected chi connectivity index (χ3v) is 8.76. The molecular formula is C20H28N2O5S2. The van der Waals surface area contributed by atoms with Gasteiger partial charge < -0.3 is 14.4 Å². The van der Waals surface area contributed by atoms with Crippen LogP contribution in [-0.4, -0.2) is 61.4 Å². The number of carbonyl (C=O) groups is 1. The molecule has 29 heavy (non-hydrogen) atoms. The third-order valence-electron chi connectivity index (χ3n) is 5.52. The molecule has 1 aromatic rings. The van der Waals surface area contributed by atoms with Crippen molar-refractivity contribution >= 4 is 32.7 Å². The number of ether oxygens (including phenoxy) is 2. The van der Waals surface area contributed by atoms with Crippen LogP contribution in [0.5, 0.6) is 11.5 Å². The minimum Gasteiger partial charge on any atom is -0.493 e. The van der Waals surface area contributed by atoms with E-state index in [9.17, 15) is 13.2 Å². The number of carbonyl (C=O) groups excluding carboxylic acids is 1. The topological polar surface area (TPSA) is 85.3 Å². The fraction of sp³-hybridized carbons (Fsp3) is 0.600. The number of fused-ring (bicyclic) bond motifs is 1. The first-order valence-electron chi connectivity index (χ1n) is 9.79. The lowest BCUT2D eigenvalue weighted by molar-refractivity contribution is -0.121. The summed E-state index contributed by atoms with van der Waals surface area (Å²) in [6.07, 6.45) is 1.49. The van der Waals surface area contributed by atoms with Crippen molar-refractivity contribution in [2.24, 2.45) is 10.9 Å². The Balaban J connectivity index is 1.91. The predicted molar refractivity (Wildman–Crippen MR) is 115 cm³/mol. The second-order valence-corrected chi connectivity index (χ2v) is 10.7. The number of aliphatic imine (C=N–C) groups is 1. The van der Waals surface area contributed by atoms with Crippen LogP contribution in [-0.2, 0) is 21.2 Å². The molecule has 0 aliphatic carbocycles. The highest BCUT2D eigenvalue weighted by Crippen LogP contribution is 2.40. The Morgan fingerprint density at radius 2 is 1.90 bits per heavy atom. The molecule has 2 aliphatic heterocycles. The van der Waals surface area contributed by atoms with Crippen LogP contribution in [0.15, 0.2) is 23.2 Å². The van der Waals surface area contributed by atoms with Gasteiger partial charge in [0, 0.05) is 17.7 Å². The van der Waals surface area contributed by atoms with E-state index in [1.165, 1.54) is 11.8 Å². The summed E-state index contributed by atoms with van der Waals surface area (Å²) in [7, 11) is 0.0788. The predicted octanol–water partition coefficient (Wildman–Crippen LogP) is 2.74. The Kier molecular flexibility index (Phi) is 6.78. The molecule has 1 amide bonds. The van der Waals surface area contributed by atoms with Crippen molar-refractivity contribution in [3.63, 3.8) is 0 Å². The van der Waals surface area contributed by atoms with Crippen molar-refractivity contribution in [1.82, 2.24) is 4.90 Å². The molecule has 0 radical (unpaired) electrons. The van der Waals surface area contributed by atoms with Gasteiger partial charge in [-0.25, -0.2) is 8.42 Å². The molecule has 3 rings (SSSR count). The number of thioether (sulfide) groups is 1. The normalized spacial score (nSPS) is 24.2. The van der Waals surface area contributed by atoms with Crippen LogP contribution in [0.2, 0.25) is 0 Å². The van der Waals surface area contributed by atoms with Gasteiger partial charge in [-0.2, -0.15) is 4.99 Å². The van der Waals surface area contributed by atoms with Crippen LogP contribution in [0.3, 0.4) is 0 Å². The van der Waals surface area contributed by atoms with E-state index in [2.05, 4.69) is 4.99 Å². The van der Waals surface area contributed by atoms with Crippen LogP contribution in [0.25, 0.3) is 0 Å². The Hall–Kier alpha value is -1.74. The fourth-order valence-electron chi connectivity index (χ4n) is 3.82. The first-order valence-corrected chi connectivity index (χ1v) is 12.5. The summed E-state index contributed by atoms with van der Waals surface area (Å²) in [6.45, 7) is 4.42. The lowest BCUT2D eigenvalue weighted by Crippen LogP contribution is -2.37. The average Bonchev–Trinajstić information content (AvgIpc) is 3.14. The van der Waals surface area contributed by atoms with E-state index in [-0.39, 0.29) is 34.6 Å². The van der Waals surface area contributed by atoms with Gasteiger partial charge in [0.25, 0.3) is 5.91 Å². The van der Waals surface area contributed by atoms with Gasteiger partial charge in [-0.1, -0.05) is 31.7 Å². The fourth-order valence-corrected chi connectivity index (χ4v) is 7.78. The van der Waals surface area contributed by atoms with E-state index in [1.807, 2.05) is 36.9 Å². The number of hydrogen-bond acceptors (Lipinski definition) is 6. The number of benzene rings is 1. The maximum absolute atomic E-state index is 12.6. The van der Waals surface area contributed by atoms with Gasteiger partial charge in [-0.15, -0.1) is 0 Å². The lowest BCUT2D eigenvalue weighted by atomic mass is 10.0. The number of rotatable bonds is 7. The van der Waals surface area contributed by atoms with Crippen molar-refractivity contribution in [3.8, 4) is 11.5 Å². The van der Waals surface area contributed by atoms with Crippen LogP contribution < -0.4 is 9.47 Å². The van der Waals surface area contributed by atoms with E-state index in [4.69, 9.17) is 9.47 Å². The lowest BCUT2D eigenvalue weighted by Gasteiger charge is -2.25. The second-order valence-electron chi connectivity index (χ2n) is 7.36. The van der Waals surface area contributed by atoms with Crippen molar-refractivity contribution in [2.45, 2.75) is 44.5 Å². The minimum atomic E-state index is -3.08. The average molecular weight is 441 g/mol. The van der Waals surface area contributed by atoms with Crippen molar-refractivity contribution < 1.29 is 22.7 Å². The summed E-state index contributed by atoms with van der Waals surface area (Å²) in [4.78, 5) is 19.0. The van der Waals surface area contributed by atoms with E-state index >= 15 is 0 Å². The summed E-state index contributed by atoms with van der Waals surface area (Å²) in [5.74, 6) is 1.23. The van der Waals surface area contributed by atoms with Gasteiger partial charge in [0.1, 0.15) is 0 Å². The largest absolute Gasteiger partial charge is 0.493 e. The van der Waals surface area contributed by atoms with Gasteiger partial charge in [0.05, 0.1) is 31.8 Å². The first kappa shape index (κ1) is 22.0. The maximum Gasteiger partial charge on any atom is 0.251 e. The molecule has 0 aromatic heterocycles. The molecule has 2 fully saturated rings. The quantitative estimate of drug-likeness (QED) is 0.644. The van der Waals surface area contributed by atoms with Gasteiger partial charge in [-0.3, -0.25) is 4.79 Å². The van der Waals surface area contributed by atoms with Crippen LogP contribution in [0.4, 0.5) is 0 Å². The Morgan fingerprint density at radius 1 is 1.21 bits per heavy atom. The Labute approximate surface area is 176 Å². The highest BCUT2D eigenvalue weighted by molar-refractivity contribution is 8.15. The Bertz CT molecular complexity index is 896. The monoisotopic (exact) mass is 440 g/mol. The number of amidine groups is 1. The molecule has 1 aromatic carbocycles. The molecule has 2 aliphatic rings. The van der Waals surface area contributed by atoms with Gasteiger partial charge in [0.15, 0.2) is 26.5 Å². The zero-order valence-electron chi connectivity index (χ0n) is 17.3. The SMILES string of the molecule is CCC(CC)C(=O)N=C1SC2CS(=O)(=O)CC2N1Cc1ccc(OC)c(OC)c1. The highest BCUT2D eigenvalue weighted by Gasteiger charge is 2.48. The molecule has 0 bridgehead atoms. The molecule has 0 spiro atoms. The number of sulfone groups is 1. The van der Waals surface area contributed by atoms with Crippen LogP contribution in [0.1, 0.15) is 32.3 Å². The van der Waals surface area contributed by atoms with E-state index < -0.39 is 9.84 Å². The van der Waals surface area contributed by atoms with E-state index in [0.29, 0.717) is 23.2 Å². The highest BCUT2D eigenvalue weighted by atomic mass is 32.2. The number of amides is 1. The Morgan fingerprint density at radius 3 is 2.52 bits per heavy atom. The van der Waals surface area contributed by atoms with Crippen molar-refractivity contribution in [2.75, 3.05) is 25.7 Å². The molecule has 2 atom stereocenters. The summed E-state index contributed by atoms with van der Waals surface area (Å²) in [5, 5.41) is 0.537. The zero-order chi connectivity index (χ0) is 21.2. The molecule has 9 heteroatoms. The molecule has 2 unspecified atom stereocenters. The number of hydrogen-bond donors (Lipinski definition) is 0. The van der Waals surface area contributed by atoms with Gasteiger partial charge in [-0.05, 0) is 30.5 Å². The summed E-state index contributed by atoms with van der Waals surface area (Å²) < 4.78 is 35.0. The standard InChI is InChI=1S/C20H28N2O5S2/c1-5-14(6-2)19(23)21-20-22(15-11-29(24,25)12-18(15)28-20)10-13-7-8-16(26-3)17(9-13)27-4/h7-9,14-15,18H,5-6,10-12H2,1-4H3. The minimum absolute atomic E-state index is 0.0894. The molecule has 7 nitrogen and oxygen atoms in total. The summed E-state index contributed by atoms with van der Waals surface area (Å²) in [5.41, 5.74) is 0.941. The van der Waals surface area contributed by atoms with Gasteiger partial charge in [0.2, 0.25) is 0 Å².